The molecule has 1 N–H and O–H groups in total. The molecule has 0 saturated heterocycles. The zero-order chi connectivity index (χ0) is 17.3. The summed E-state index contributed by atoms with van der Waals surface area (Å²) in [5.41, 5.74) is 2.44. The van der Waals surface area contributed by atoms with Gasteiger partial charge in [0.1, 0.15) is 0 Å². The first-order chi connectivity index (χ1) is 12.8. The van der Waals surface area contributed by atoms with E-state index in [-0.39, 0.29) is 10.5 Å². The third-order valence-corrected chi connectivity index (χ3v) is 8.34. The molecule has 6 rings (SSSR count). The monoisotopic (exact) mass is 369 g/mol. The van der Waals surface area contributed by atoms with E-state index in [1.807, 2.05) is 11.8 Å². The normalized spacial score (nSPS) is 16.1. The number of nitrogens with one attached hydrogen (secondary N) is 1. The fraction of sp³-hybridized carbons (Fsp3) is 0. The molecule has 1 aliphatic heterocycles. The van der Waals surface area contributed by atoms with Crippen molar-refractivity contribution in [2.75, 3.05) is 0 Å². The highest BCUT2D eigenvalue weighted by molar-refractivity contribution is 8.16. The third-order valence-electron chi connectivity index (χ3n) is 5.15. The lowest BCUT2D eigenvalue weighted by molar-refractivity contribution is 1.18. The maximum atomic E-state index is 4.55. The molecule has 1 unspecified atom stereocenters. The summed E-state index contributed by atoms with van der Waals surface area (Å²) >= 11 is 1.88. The Morgan fingerprint density at radius 1 is 0.769 bits per heavy atom. The molecule has 0 radical (unpaired) electrons. The number of aromatic nitrogens is 1. The van der Waals surface area contributed by atoms with E-state index in [1.54, 1.807) is 0 Å². The quantitative estimate of drug-likeness (QED) is 0.283. The van der Waals surface area contributed by atoms with Gasteiger partial charge in [0, 0.05) is 35.9 Å². The summed E-state index contributed by atoms with van der Waals surface area (Å²) in [6.45, 7) is 0. The number of para-hydroxylation sites is 1. The highest BCUT2D eigenvalue weighted by Gasteiger charge is 2.23. The maximum absolute atomic E-state index is 4.55. The molecule has 26 heavy (non-hydrogen) atoms. The van der Waals surface area contributed by atoms with Gasteiger partial charge in [-0.3, -0.25) is 0 Å². The molecule has 5 aromatic rings. The van der Waals surface area contributed by atoms with E-state index < -0.39 is 0 Å². The van der Waals surface area contributed by atoms with E-state index >= 15 is 0 Å². The fourth-order valence-corrected chi connectivity index (χ4v) is 7.09. The number of rotatable bonds is 0. The molecule has 2 heterocycles. The largest absolute Gasteiger partial charge is 0.354 e. The molecule has 1 atom stereocenters. The van der Waals surface area contributed by atoms with E-state index in [1.165, 1.54) is 52.2 Å². The fourth-order valence-electron chi connectivity index (χ4n) is 3.87. The van der Waals surface area contributed by atoms with Gasteiger partial charge in [0.15, 0.2) is 0 Å². The van der Waals surface area contributed by atoms with Crippen LogP contribution in [-0.4, -0.2) is 10.9 Å². The van der Waals surface area contributed by atoms with Gasteiger partial charge in [0.2, 0.25) is 0 Å². The predicted molar refractivity (Wildman–Crippen MR) is 115 cm³/mol. The number of fused-ring (bicyclic) bond motifs is 7. The Bertz CT molecular complexity index is 1380. The minimum atomic E-state index is -0.165. The number of H-pyrrole nitrogens is 1. The van der Waals surface area contributed by atoms with E-state index in [4.69, 9.17) is 0 Å². The Hall–Kier alpha value is -2.49. The Labute approximate surface area is 158 Å². The summed E-state index contributed by atoms with van der Waals surface area (Å²) < 4.78 is 0. The first-order valence-electron chi connectivity index (χ1n) is 8.58. The molecule has 0 bridgehead atoms. The van der Waals surface area contributed by atoms with Gasteiger partial charge in [-0.05, 0) is 35.0 Å². The molecule has 0 fully saturated rings. The van der Waals surface area contributed by atoms with Crippen LogP contribution < -0.4 is 0 Å². The summed E-state index contributed by atoms with van der Waals surface area (Å²) in [5.74, 6) is 4.55. The molecule has 3 heteroatoms. The second-order valence-corrected chi connectivity index (χ2v) is 9.34. The van der Waals surface area contributed by atoms with Crippen molar-refractivity contribution in [3.05, 3.63) is 72.8 Å². The van der Waals surface area contributed by atoms with Gasteiger partial charge in [0.05, 0.1) is 5.52 Å². The lowest BCUT2D eigenvalue weighted by atomic mass is 10.1. The van der Waals surface area contributed by atoms with Crippen molar-refractivity contribution in [1.82, 2.24) is 4.98 Å². The van der Waals surface area contributed by atoms with Crippen LogP contribution >= 0.6 is 22.2 Å². The first kappa shape index (κ1) is 14.7. The first-order valence-corrected chi connectivity index (χ1v) is 10.8. The van der Waals surface area contributed by atoms with Crippen LogP contribution in [0.25, 0.3) is 32.6 Å². The van der Waals surface area contributed by atoms with Crippen LogP contribution in [0.3, 0.4) is 0 Å². The van der Waals surface area contributed by atoms with E-state index in [9.17, 15) is 0 Å². The van der Waals surface area contributed by atoms with Gasteiger partial charge >= 0.3 is 0 Å². The topological polar surface area (TPSA) is 15.8 Å². The molecule has 0 spiro atoms. The van der Waals surface area contributed by atoms with Crippen LogP contribution in [-0.2, 0) is 0 Å². The van der Waals surface area contributed by atoms with Gasteiger partial charge in [-0.15, -0.1) is 10.5 Å². The Kier molecular flexibility index (Phi) is 2.96. The number of benzene rings is 4. The van der Waals surface area contributed by atoms with Crippen molar-refractivity contribution in [3.8, 4) is 0 Å². The Morgan fingerprint density at radius 3 is 2.42 bits per heavy atom. The van der Waals surface area contributed by atoms with Crippen LogP contribution in [0.15, 0.2) is 92.4 Å². The third kappa shape index (κ3) is 1.93. The van der Waals surface area contributed by atoms with Crippen LogP contribution in [0, 0.1) is 0 Å². The molecule has 4 aromatic carbocycles. The molecule has 0 saturated carbocycles. The number of hydrogen-bond donors (Lipinski definition) is 1. The minimum Gasteiger partial charge on any atom is -0.354 e. The average molecular weight is 370 g/mol. The van der Waals surface area contributed by atoms with Crippen LogP contribution in [0.5, 0.6) is 0 Å². The van der Waals surface area contributed by atoms with Crippen molar-refractivity contribution in [2.45, 2.75) is 19.6 Å². The van der Waals surface area contributed by atoms with Crippen molar-refractivity contribution >= 4 is 60.7 Å². The molecule has 124 valence electrons. The van der Waals surface area contributed by atoms with Crippen LogP contribution in [0.4, 0.5) is 0 Å². The summed E-state index contributed by atoms with van der Waals surface area (Å²) in [6.07, 6.45) is 0. The zero-order valence-electron chi connectivity index (χ0n) is 14.0. The molecule has 1 aromatic heterocycles. The standard InChI is InChI=1S/C23H15NS2/c1-26-20-11-10-17-16-8-4-5-9-18(16)24-22(17)23(20)25-19-12-14-6-2-3-7-15(14)13-21(19)26/h2-13,24H,1H2. The molecule has 0 amide bonds. The molecule has 1 nitrogen and oxygen atoms in total. The highest BCUT2D eigenvalue weighted by atomic mass is 32.2. The average Bonchev–Trinajstić information content (AvgIpc) is 3.06. The van der Waals surface area contributed by atoms with Crippen LogP contribution in [0.2, 0.25) is 0 Å². The van der Waals surface area contributed by atoms with E-state index in [0.717, 1.165) is 0 Å². The minimum absolute atomic E-state index is 0.165. The summed E-state index contributed by atoms with van der Waals surface area (Å²) in [5, 5.41) is 5.18. The van der Waals surface area contributed by atoms with Gasteiger partial charge < -0.3 is 4.98 Å². The van der Waals surface area contributed by atoms with Crippen molar-refractivity contribution in [1.29, 1.82) is 0 Å². The Morgan fingerprint density at radius 2 is 1.54 bits per heavy atom. The lowest BCUT2D eigenvalue weighted by Gasteiger charge is -2.23. The van der Waals surface area contributed by atoms with Gasteiger partial charge in [-0.2, -0.15) is 0 Å². The van der Waals surface area contributed by atoms with Crippen molar-refractivity contribution in [3.63, 3.8) is 0 Å². The maximum Gasteiger partial charge on any atom is 0.0618 e. The van der Waals surface area contributed by atoms with Gasteiger partial charge in [-0.25, -0.2) is 0 Å². The molecular weight excluding hydrogens is 354 g/mol. The van der Waals surface area contributed by atoms with Gasteiger partial charge in [0.25, 0.3) is 0 Å². The summed E-state index contributed by atoms with van der Waals surface area (Å²) in [7, 11) is -0.165. The van der Waals surface area contributed by atoms with Crippen molar-refractivity contribution < 1.29 is 0 Å². The molecular formula is C23H15NS2. The Balaban J connectivity index is 1.66. The van der Waals surface area contributed by atoms with E-state index in [0.29, 0.717) is 0 Å². The van der Waals surface area contributed by atoms with Crippen LogP contribution in [0.1, 0.15) is 0 Å². The predicted octanol–water partition coefficient (Wildman–Crippen LogP) is 7.06. The summed E-state index contributed by atoms with van der Waals surface area (Å²) in [4.78, 5) is 9.02. The SMILES string of the molecule is C=S1c2cc3ccccc3cc2Sc2c1ccc1c2[nH]c2ccccc21. The van der Waals surface area contributed by atoms with E-state index in [2.05, 4.69) is 83.7 Å². The number of aromatic amines is 1. The molecule has 1 aliphatic rings. The van der Waals surface area contributed by atoms with Gasteiger partial charge in [-0.1, -0.05) is 66.2 Å². The highest BCUT2D eigenvalue weighted by Crippen LogP contribution is 2.54. The lowest BCUT2D eigenvalue weighted by Crippen LogP contribution is -1.93. The smallest absolute Gasteiger partial charge is 0.0618 e. The number of hydrogen-bond acceptors (Lipinski definition) is 1. The van der Waals surface area contributed by atoms with Crippen molar-refractivity contribution in [2.24, 2.45) is 0 Å². The second-order valence-electron chi connectivity index (χ2n) is 6.62. The second kappa shape index (κ2) is 5.26. The summed E-state index contributed by atoms with van der Waals surface area (Å²) in [6, 6.07) is 26.3. The zero-order valence-corrected chi connectivity index (χ0v) is 15.6. The molecule has 0 aliphatic carbocycles.